The van der Waals surface area contributed by atoms with Gasteiger partial charge in [0.15, 0.2) is 0 Å². The van der Waals surface area contributed by atoms with Gasteiger partial charge in [-0.05, 0) is 31.4 Å². The second kappa shape index (κ2) is 6.10. The van der Waals surface area contributed by atoms with Gasteiger partial charge < -0.3 is 9.64 Å². The number of piperidine rings is 1. The van der Waals surface area contributed by atoms with Crippen molar-refractivity contribution in [3.63, 3.8) is 0 Å². The van der Waals surface area contributed by atoms with Crippen LogP contribution in [-0.4, -0.2) is 40.5 Å². The average Bonchev–Trinajstić information content (AvgIpc) is 3.32. The summed E-state index contributed by atoms with van der Waals surface area (Å²) in [7, 11) is 0. The van der Waals surface area contributed by atoms with Crippen LogP contribution < -0.4 is 4.74 Å². The smallest absolute Gasteiger partial charge is 0.200 e. The standard InChI is InChI=1S/C21H25N3OS/c1-15(2)23-11-9-21(10-12-23)24-18(16-6-3-4-7-19(16)25-21)14-17(22-24)20-8-5-13-26-20/h3-8,13,15,18H,9-12,14H2,1-2H3. The molecule has 0 aliphatic carbocycles. The number of hydrogen-bond acceptors (Lipinski definition) is 5. The summed E-state index contributed by atoms with van der Waals surface area (Å²) >= 11 is 1.78. The zero-order valence-corrected chi connectivity index (χ0v) is 16.2. The second-order valence-corrected chi connectivity index (χ2v) is 8.75. The molecule has 1 atom stereocenters. The summed E-state index contributed by atoms with van der Waals surface area (Å²) in [5, 5.41) is 9.56. The van der Waals surface area contributed by atoms with Gasteiger partial charge in [-0.1, -0.05) is 24.3 Å². The molecule has 1 aromatic carbocycles. The molecule has 2 aromatic rings. The lowest BCUT2D eigenvalue weighted by Gasteiger charge is -2.51. The van der Waals surface area contributed by atoms with Crippen LogP contribution in [0, 0.1) is 0 Å². The van der Waals surface area contributed by atoms with Crippen molar-refractivity contribution >= 4 is 17.0 Å². The number of ether oxygens (including phenoxy) is 1. The molecular formula is C21H25N3OS. The first-order valence-electron chi connectivity index (χ1n) is 9.59. The molecule has 1 unspecified atom stereocenters. The minimum atomic E-state index is -0.302. The summed E-state index contributed by atoms with van der Waals surface area (Å²) in [6.45, 7) is 6.68. The van der Waals surface area contributed by atoms with E-state index >= 15 is 0 Å². The van der Waals surface area contributed by atoms with Crippen molar-refractivity contribution < 1.29 is 4.74 Å². The summed E-state index contributed by atoms with van der Waals surface area (Å²) in [6, 6.07) is 13.7. The molecule has 136 valence electrons. The molecule has 0 radical (unpaired) electrons. The lowest BCUT2D eigenvalue weighted by atomic mass is 9.91. The van der Waals surface area contributed by atoms with E-state index in [0.29, 0.717) is 12.1 Å². The zero-order valence-electron chi connectivity index (χ0n) is 15.4. The Bertz CT molecular complexity index is 822. The third-order valence-electron chi connectivity index (χ3n) is 6.02. The molecule has 0 N–H and O–H groups in total. The van der Waals surface area contributed by atoms with Crippen LogP contribution in [0.5, 0.6) is 5.75 Å². The summed E-state index contributed by atoms with van der Waals surface area (Å²) in [5.74, 6) is 1.05. The molecule has 0 saturated carbocycles. The summed E-state index contributed by atoms with van der Waals surface area (Å²) < 4.78 is 6.66. The average molecular weight is 368 g/mol. The molecule has 5 heteroatoms. The van der Waals surface area contributed by atoms with E-state index in [2.05, 4.69) is 65.5 Å². The van der Waals surface area contributed by atoms with Gasteiger partial charge in [-0.15, -0.1) is 11.3 Å². The third-order valence-corrected chi connectivity index (χ3v) is 6.94. The van der Waals surface area contributed by atoms with Crippen LogP contribution in [-0.2, 0) is 0 Å². The van der Waals surface area contributed by atoms with Crippen LogP contribution >= 0.6 is 11.3 Å². The fraction of sp³-hybridized carbons (Fsp3) is 0.476. The van der Waals surface area contributed by atoms with Crippen molar-refractivity contribution in [2.75, 3.05) is 13.1 Å². The van der Waals surface area contributed by atoms with Crippen LogP contribution in [0.4, 0.5) is 0 Å². The predicted octanol–water partition coefficient (Wildman–Crippen LogP) is 4.49. The molecular weight excluding hydrogens is 342 g/mol. The second-order valence-electron chi connectivity index (χ2n) is 7.80. The number of benzene rings is 1. The number of hydrazone groups is 1. The number of likely N-dealkylation sites (tertiary alicyclic amines) is 1. The highest BCUT2D eigenvalue weighted by atomic mass is 32.1. The highest BCUT2D eigenvalue weighted by Crippen LogP contribution is 2.50. The Morgan fingerprint density at radius 2 is 1.96 bits per heavy atom. The molecule has 0 amide bonds. The highest BCUT2D eigenvalue weighted by molar-refractivity contribution is 7.12. The van der Waals surface area contributed by atoms with Gasteiger partial charge in [0.2, 0.25) is 5.72 Å². The van der Waals surface area contributed by atoms with Crippen molar-refractivity contribution in [2.45, 2.75) is 50.9 Å². The monoisotopic (exact) mass is 367 g/mol. The predicted molar refractivity (Wildman–Crippen MR) is 106 cm³/mol. The van der Waals surface area contributed by atoms with Crippen molar-refractivity contribution in [1.82, 2.24) is 9.91 Å². The lowest BCUT2D eigenvalue weighted by Crippen LogP contribution is -2.59. The summed E-state index contributed by atoms with van der Waals surface area (Å²) in [4.78, 5) is 3.83. The maximum atomic E-state index is 6.66. The quantitative estimate of drug-likeness (QED) is 0.783. The van der Waals surface area contributed by atoms with Gasteiger partial charge in [-0.3, -0.25) is 0 Å². The van der Waals surface area contributed by atoms with Crippen molar-refractivity contribution in [3.05, 3.63) is 52.2 Å². The van der Waals surface area contributed by atoms with Gasteiger partial charge in [-0.25, -0.2) is 5.01 Å². The molecule has 4 heterocycles. The van der Waals surface area contributed by atoms with Crippen molar-refractivity contribution in [1.29, 1.82) is 0 Å². The van der Waals surface area contributed by atoms with Gasteiger partial charge in [0.25, 0.3) is 0 Å². The number of nitrogens with zero attached hydrogens (tertiary/aromatic N) is 3. The van der Waals surface area contributed by atoms with Gasteiger partial charge in [-0.2, -0.15) is 5.10 Å². The minimum Gasteiger partial charge on any atom is -0.466 e. The number of rotatable bonds is 2. The molecule has 5 rings (SSSR count). The molecule has 0 bridgehead atoms. The van der Waals surface area contributed by atoms with Gasteiger partial charge >= 0.3 is 0 Å². The molecule has 3 aliphatic rings. The molecule has 26 heavy (non-hydrogen) atoms. The Hall–Kier alpha value is -1.85. The van der Waals surface area contributed by atoms with Gasteiger partial charge in [0, 0.05) is 44.0 Å². The summed E-state index contributed by atoms with van der Waals surface area (Å²) in [6.07, 6.45) is 2.96. The third kappa shape index (κ3) is 2.48. The Morgan fingerprint density at radius 1 is 1.15 bits per heavy atom. The van der Waals surface area contributed by atoms with Crippen LogP contribution in [0.2, 0.25) is 0 Å². The summed E-state index contributed by atoms with van der Waals surface area (Å²) in [5.41, 5.74) is 2.18. The number of hydrogen-bond donors (Lipinski definition) is 0. The normalized spacial score (nSPS) is 24.3. The maximum absolute atomic E-state index is 6.66. The number of para-hydroxylation sites is 1. The van der Waals surface area contributed by atoms with Crippen molar-refractivity contribution in [2.24, 2.45) is 5.10 Å². The zero-order chi connectivity index (χ0) is 17.7. The number of fused-ring (bicyclic) bond motifs is 4. The fourth-order valence-electron chi connectivity index (χ4n) is 4.54. The highest BCUT2D eigenvalue weighted by Gasteiger charge is 2.51. The van der Waals surface area contributed by atoms with Crippen LogP contribution in [0.1, 0.15) is 49.6 Å². The van der Waals surface area contributed by atoms with Crippen LogP contribution in [0.15, 0.2) is 46.9 Å². The van der Waals surface area contributed by atoms with Crippen LogP contribution in [0.3, 0.4) is 0 Å². The lowest BCUT2D eigenvalue weighted by molar-refractivity contribution is -0.152. The maximum Gasteiger partial charge on any atom is 0.200 e. The first-order valence-corrected chi connectivity index (χ1v) is 10.5. The Morgan fingerprint density at radius 3 is 2.69 bits per heavy atom. The van der Waals surface area contributed by atoms with E-state index in [1.165, 1.54) is 16.2 Å². The van der Waals surface area contributed by atoms with Crippen molar-refractivity contribution in [3.8, 4) is 5.75 Å². The fourth-order valence-corrected chi connectivity index (χ4v) is 5.26. The van der Waals surface area contributed by atoms with E-state index in [9.17, 15) is 0 Å². The van der Waals surface area contributed by atoms with E-state index < -0.39 is 0 Å². The molecule has 1 saturated heterocycles. The van der Waals surface area contributed by atoms with Crippen LogP contribution in [0.25, 0.3) is 0 Å². The molecule has 1 aromatic heterocycles. The topological polar surface area (TPSA) is 28.1 Å². The van der Waals surface area contributed by atoms with Gasteiger partial charge in [0.05, 0.1) is 16.6 Å². The SMILES string of the molecule is CC(C)N1CCC2(CC1)Oc1ccccc1C1CC(c3cccs3)=NN12. The molecule has 4 nitrogen and oxygen atoms in total. The molecule has 3 aliphatic heterocycles. The van der Waals surface area contributed by atoms with E-state index in [4.69, 9.17) is 9.84 Å². The van der Waals surface area contributed by atoms with E-state index in [1.54, 1.807) is 11.3 Å². The van der Waals surface area contributed by atoms with E-state index in [1.807, 2.05) is 0 Å². The minimum absolute atomic E-state index is 0.294. The van der Waals surface area contributed by atoms with E-state index in [0.717, 1.165) is 38.1 Å². The van der Waals surface area contributed by atoms with Gasteiger partial charge in [0.1, 0.15) is 5.75 Å². The Labute approximate surface area is 159 Å². The first-order chi connectivity index (χ1) is 12.7. The van der Waals surface area contributed by atoms with E-state index in [-0.39, 0.29) is 5.72 Å². The molecule has 1 fully saturated rings. The molecule has 1 spiro atoms. The largest absolute Gasteiger partial charge is 0.466 e. The Kier molecular flexibility index (Phi) is 3.83. The Balaban J connectivity index is 1.53. The first kappa shape index (κ1) is 16.3. The number of thiophene rings is 1.